The van der Waals surface area contributed by atoms with Crippen molar-refractivity contribution >= 4 is 35.2 Å². The molecule has 1 aliphatic rings. The Morgan fingerprint density at radius 3 is 2.56 bits per heavy atom. The van der Waals surface area contributed by atoms with Crippen LogP contribution in [0.4, 0.5) is 5.69 Å². The minimum absolute atomic E-state index is 0.216. The zero-order valence-corrected chi connectivity index (χ0v) is 18.9. The van der Waals surface area contributed by atoms with E-state index in [9.17, 15) is 14.4 Å². The van der Waals surface area contributed by atoms with E-state index in [1.807, 2.05) is 30.5 Å². The highest BCUT2D eigenvalue weighted by Gasteiger charge is 2.23. The topological polar surface area (TPSA) is 93.7 Å². The molecule has 0 saturated heterocycles. The zero-order valence-electron chi connectivity index (χ0n) is 18.1. The molecule has 0 radical (unpaired) electrons. The Morgan fingerprint density at radius 2 is 1.78 bits per heavy atom. The number of fused-ring (bicyclic) bond motifs is 1. The van der Waals surface area contributed by atoms with Gasteiger partial charge in [0.2, 0.25) is 0 Å². The molecule has 2 aromatic rings. The van der Waals surface area contributed by atoms with E-state index in [0.717, 1.165) is 19.3 Å². The van der Waals surface area contributed by atoms with E-state index in [-0.39, 0.29) is 6.61 Å². The maximum Gasteiger partial charge on any atom is 0.329 e. The van der Waals surface area contributed by atoms with Crippen molar-refractivity contribution in [2.24, 2.45) is 0 Å². The van der Waals surface area contributed by atoms with Gasteiger partial charge >= 0.3 is 5.97 Å². The van der Waals surface area contributed by atoms with E-state index in [4.69, 9.17) is 9.47 Å². The molecule has 3 rings (SSSR count). The molecule has 0 aromatic heterocycles. The lowest BCUT2D eigenvalue weighted by Crippen LogP contribution is -2.44. The zero-order chi connectivity index (χ0) is 22.8. The molecular formula is C24H28N2O5S. The summed E-state index contributed by atoms with van der Waals surface area (Å²) in [6, 6.07) is 14.0. The molecule has 0 fully saturated rings. The minimum Gasteiger partial charge on any atom is -0.484 e. The van der Waals surface area contributed by atoms with Gasteiger partial charge in [-0.3, -0.25) is 9.59 Å². The minimum atomic E-state index is -0.845. The van der Waals surface area contributed by atoms with Gasteiger partial charge in [-0.2, -0.15) is 11.8 Å². The van der Waals surface area contributed by atoms with Crippen LogP contribution in [0.15, 0.2) is 48.5 Å². The monoisotopic (exact) mass is 456 g/mol. The second kappa shape index (κ2) is 12.1. The van der Waals surface area contributed by atoms with E-state index >= 15 is 0 Å². The first-order valence-electron chi connectivity index (χ1n) is 10.6. The highest BCUT2D eigenvalue weighted by Crippen LogP contribution is 2.24. The average Bonchev–Trinajstić information content (AvgIpc) is 3.27. The Bertz CT molecular complexity index is 935. The lowest BCUT2D eigenvalue weighted by Gasteiger charge is -2.17. The molecule has 0 heterocycles. The summed E-state index contributed by atoms with van der Waals surface area (Å²) >= 11 is 1.55. The van der Waals surface area contributed by atoms with Crippen LogP contribution >= 0.6 is 11.8 Å². The molecule has 0 aliphatic heterocycles. The number of thioether (sulfide) groups is 1. The Morgan fingerprint density at radius 1 is 1.00 bits per heavy atom. The summed E-state index contributed by atoms with van der Waals surface area (Å²) in [6.07, 6.45) is 5.51. The van der Waals surface area contributed by atoms with E-state index in [0.29, 0.717) is 23.6 Å². The summed E-state index contributed by atoms with van der Waals surface area (Å²) in [5.74, 6) is -0.274. The third kappa shape index (κ3) is 7.30. The molecule has 0 bridgehead atoms. The van der Waals surface area contributed by atoms with Crippen LogP contribution in [0.3, 0.4) is 0 Å². The van der Waals surface area contributed by atoms with Crippen molar-refractivity contribution in [3.63, 3.8) is 0 Å². The van der Waals surface area contributed by atoms with Gasteiger partial charge in [0.05, 0.1) is 0 Å². The van der Waals surface area contributed by atoms with Crippen LogP contribution in [0, 0.1) is 0 Å². The van der Waals surface area contributed by atoms with Crippen molar-refractivity contribution in [1.82, 2.24) is 5.32 Å². The lowest BCUT2D eigenvalue weighted by molar-refractivity contribution is -0.150. The van der Waals surface area contributed by atoms with Gasteiger partial charge in [-0.25, -0.2) is 4.79 Å². The van der Waals surface area contributed by atoms with Crippen LogP contribution in [-0.2, 0) is 32.0 Å². The molecule has 32 heavy (non-hydrogen) atoms. The number of nitrogens with one attached hydrogen (secondary N) is 2. The van der Waals surface area contributed by atoms with Crippen LogP contribution in [0.2, 0.25) is 0 Å². The highest BCUT2D eigenvalue weighted by atomic mass is 32.2. The second-order valence-corrected chi connectivity index (χ2v) is 8.48. The summed E-state index contributed by atoms with van der Waals surface area (Å²) in [5, 5.41) is 5.40. The number of hydrogen-bond acceptors (Lipinski definition) is 6. The second-order valence-electron chi connectivity index (χ2n) is 7.50. The molecule has 170 valence electrons. The van der Waals surface area contributed by atoms with Crippen LogP contribution < -0.4 is 15.4 Å². The first-order valence-corrected chi connectivity index (χ1v) is 12.0. The van der Waals surface area contributed by atoms with Gasteiger partial charge in [-0.1, -0.05) is 24.3 Å². The number of hydrogen-bond donors (Lipinski definition) is 2. The van der Waals surface area contributed by atoms with Gasteiger partial charge in [0.15, 0.2) is 13.2 Å². The van der Waals surface area contributed by atoms with Crippen molar-refractivity contribution in [2.45, 2.75) is 31.7 Å². The number of benzene rings is 2. The number of carbonyl (C=O) groups excluding carboxylic acids is 3. The summed E-state index contributed by atoms with van der Waals surface area (Å²) in [7, 11) is 0. The predicted octanol–water partition coefficient (Wildman–Crippen LogP) is 2.97. The van der Waals surface area contributed by atoms with Crippen LogP contribution in [-0.4, -0.2) is 49.0 Å². The Labute approximate surface area is 192 Å². The molecule has 0 spiro atoms. The van der Waals surface area contributed by atoms with Crippen molar-refractivity contribution in [1.29, 1.82) is 0 Å². The highest BCUT2D eigenvalue weighted by molar-refractivity contribution is 7.98. The standard InChI is InChI=1S/C24H28N2O5S/c1-32-13-12-21(26-23(28)15-30-20-8-3-2-4-9-20)24(29)31-16-22(27)25-19-11-10-17-6-5-7-18(17)14-19/h2-4,8-11,14,21H,5-7,12-13,15-16H2,1H3,(H,25,27)(H,26,28)/t21-/m0/s1. The first-order chi connectivity index (χ1) is 15.5. The van der Waals surface area contributed by atoms with E-state index in [1.165, 1.54) is 11.1 Å². The lowest BCUT2D eigenvalue weighted by atomic mass is 10.1. The van der Waals surface area contributed by atoms with Crippen LogP contribution in [0.25, 0.3) is 0 Å². The number of para-hydroxylation sites is 1. The third-order valence-corrected chi connectivity index (χ3v) is 5.72. The van der Waals surface area contributed by atoms with Gasteiger partial charge in [-0.15, -0.1) is 0 Å². The maximum atomic E-state index is 12.5. The SMILES string of the molecule is CSCC[C@H](NC(=O)COc1ccccc1)C(=O)OCC(=O)Nc1ccc2c(c1)CCC2. The fourth-order valence-electron chi connectivity index (χ4n) is 3.47. The van der Waals surface area contributed by atoms with Gasteiger partial charge in [0.1, 0.15) is 11.8 Å². The molecule has 8 heteroatoms. The van der Waals surface area contributed by atoms with Crippen molar-refractivity contribution in [2.75, 3.05) is 30.5 Å². The number of ether oxygens (including phenoxy) is 2. The first kappa shape index (κ1) is 23.7. The van der Waals surface area contributed by atoms with Gasteiger partial charge in [-0.05, 0) is 73.1 Å². The molecule has 2 amide bonds. The van der Waals surface area contributed by atoms with Gasteiger partial charge in [0, 0.05) is 5.69 Å². The Hall–Kier alpha value is -3.00. The molecule has 2 N–H and O–H groups in total. The third-order valence-electron chi connectivity index (χ3n) is 5.07. The molecule has 1 aliphatic carbocycles. The number of anilines is 1. The Balaban J connectivity index is 1.46. The van der Waals surface area contributed by atoms with Crippen molar-refractivity contribution in [3.8, 4) is 5.75 Å². The molecule has 7 nitrogen and oxygen atoms in total. The number of rotatable bonds is 11. The summed E-state index contributed by atoms with van der Waals surface area (Å²) in [6.45, 7) is -0.631. The van der Waals surface area contributed by atoms with Crippen molar-refractivity contribution < 1.29 is 23.9 Å². The van der Waals surface area contributed by atoms with Crippen molar-refractivity contribution in [3.05, 3.63) is 59.7 Å². The molecule has 1 atom stereocenters. The van der Waals surface area contributed by atoms with Crippen LogP contribution in [0.1, 0.15) is 24.0 Å². The largest absolute Gasteiger partial charge is 0.484 e. The molecular weight excluding hydrogens is 428 g/mol. The summed E-state index contributed by atoms with van der Waals surface area (Å²) < 4.78 is 10.6. The number of carbonyl (C=O) groups is 3. The number of aryl methyl sites for hydroxylation is 2. The van der Waals surface area contributed by atoms with Gasteiger partial charge in [0.25, 0.3) is 11.8 Å². The van der Waals surface area contributed by atoms with E-state index < -0.39 is 30.4 Å². The van der Waals surface area contributed by atoms with Crippen LogP contribution in [0.5, 0.6) is 5.75 Å². The fourth-order valence-corrected chi connectivity index (χ4v) is 3.94. The number of amides is 2. The quantitative estimate of drug-likeness (QED) is 0.505. The van der Waals surface area contributed by atoms with E-state index in [1.54, 1.807) is 36.0 Å². The molecule has 0 unspecified atom stereocenters. The normalized spacial score (nSPS) is 13.0. The number of esters is 1. The van der Waals surface area contributed by atoms with Gasteiger partial charge < -0.3 is 20.1 Å². The molecule has 2 aromatic carbocycles. The predicted molar refractivity (Wildman–Crippen MR) is 125 cm³/mol. The summed E-state index contributed by atoms with van der Waals surface area (Å²) in [5.41, 5.74) is 3.26. The molecule has 0 saturated carbocycles. The Kier molecular flexibility index (Phi) is 8.98. The van der Waals surface area contributed by atoms with E-state index in [2.05, 4.69) is 10.6 Å². The fraction of sp³-hybridized carbons (Fsp3) is 0.375. The smallest absolute Gasteiger partial charge is 0.329 e. The summed E-state index contributed by atoms with van der Waals surface area (Å²) in [4.78, 5) is 37.0. The maximum absolute atomic E-state index is 12.5. The average molecular weight is 457 g/mol.